The Bertz CT molecular complexity index is 992. The van der Waals surface area contributed by atoms with Crippen LogP contribution in [0.25, 0.3) is 11.0 Å². The van der Waals surface area contributed by atoms with Gasteiger partial charge in [0.25, 0.3) is 0 Å². The van der Waals surface area contributed by atoms with E-state index in [9.17, 15) is 0 Å². The highest BCUT2D eigenvalue weighted by atomic mass is 16.5. The van der Waals surface area contributed by atoms with E-state index in [1.807, 2.05) is 6.07 Å². The Labute approximate surface area is 165 Å². The summed E-state index contributed by atoms with van der Waals surface area (Å²) in [5.74, 6) is 2.90. The van der Waals surface area contributed by atoms with Gasteiger partial charge in [-0.25, -0.2) is 4.98 Å². The predicted octanol–water partition coefficient (Wildman–Crippen LogP) is 2.69. The summed E-state index contributed by atoms with van der Waals surface area (Å²) in [5, 5.41) is 6.80. The predicted molar refractivity (Wildman–Crippen MR) is 113 cm³/mol. The van der Waals surface area contributed by atoms with Gasteiger partial charge in [-0.2, -0.15) is 0 Å². The van der Waals surface area contributed by atoms with Crippen molar-refractivity contribution in [3.05, 3.63) is 59.4 Å². The first-order valence-electron chi connectivity index (χ1n) is 9.85. The lowest BCUT2D eigenvalue weighted by Gasteiger charge is -2.13. The van der Waals surface area contributed by atoms with Gasteiger partial charge < -0.3 is 19.9 Å². The minimum atomic E-state index is 0.789. The fourth-order valence-electron chi connectivity index (χ4n) is 3.71. The molecule has 1 aliphatic rings. The summed E-state index contributed by atoms with van der Waals surface area (Å²) in [7, 11) is 1.81. The summed E-state index contributed by atoms with van der Waals surface area (Å²) in [6.45, 7) is 5.33. The third-order valence-corrected chi connectivity index (χ3v) is 5.16. The number of benzene rings is 2. The zero-order valence-corrected chi connectivity index (χ0v) is 16.5. The molecule has 0 atom stereocenters. The van der Waals surface area contributed by atoms with E-state index < -0.39 is 0 Å². The number of para-hydroxylation sites is 2. The molecule has 6 heteroatoms. The van der Waals surface area contributed by atoms with E-state index in [-0.39, 0.29) is 0 Å². The maximum absolute atomic E-state index is 5.57. The molecule has 146 valence electrons. The van der Waals surface area contributed by atoms with Gasteiger partial charge in [-0.1, -0.05) is 24.3 Å². The number of nitrogens with one attached hydrogen (secondary N) is 2. The second-order valence-corrected chi connectivity index (χ2v) is 7.02. The third-order valence-electron chi connectivity index (χ3n) is 5.16. The van der Waals surface area contributed by atoms with Gasteiger partial charge in [0.1, 0.15) is 11.6 Å². The number of ether oxygens (including phenoxy) is 1. The van der Waals surface area contributed by atoms with Gasteiger partial charge in [-0.15, -0.1) is 0 Å². The van der Waals surface area contributed by atoms with Gasteiger partial charge in [-0.3, -0.25) is 4.99 Å². The van der Waals surface area contributed by atoms with Crippen molar-refractivity contribution in [2.24, 2.45) is 4.99 Å². The molecule has 2 N–H and O–H groups in total. The lowest BCUT2D eigenvalue weighted by Crippen LogP contribution is -2.39. The molecular formula is C22H27N5O. The third kappa shape index (κ3) is 3.96. The molecule has 0 saturated heterocycles. The van der Waals surface area contributed by atoms with Crippen molar-refractivity contribution in [1.29, 1.82) is 0 Å². The molecular weight excluding hydrogens is 350 g/mol. The zero-order valence-electron chi connectivity index (χ0n) is 16.5. The number of hydrogen-bond acceptors (Lipinski definition) is 3. The molecule has 0 amide bonds. The van der Waals surface area contributed by atoms with Crippen molar-refractivity contribution in [3.63, 3.8) is 0 Å². The first-order valence-corrected chi connectivity index (χ1v) is 9.85. The average molecular weight is 377 g/mol. The second-order valence-electron chi connectivity index (χ2n) is 7.02. The number of aromatic nitrogens is 2. The smallest absolute Gasteiger partial charge is 0.191 e. The second kappa shape index (κ2) is 8.33. The maximum atomic E-state index is 5.57. The molecule has 0 radical (unpaired) electrons. The standard InChI is InChI=1S/C22H27N5O/c1-16-26-19-5-3-4-6-20(19)27(16)13-12-25-22(23-2)24-11-9-17-7-8-21-18(15-17)10-14-28-21/h3-8,15H,9-14H2,1-2H3,(H2,23,24,25). The van der Waals surface area contributed by atoms with E-state index in [0.29, 0.717) is 0 Å². The molecule has 28 heavy (non-hydrogen) atoms. The largest absolute Gasteiger partial charge is 0.493 e. The van der Waals surface area contributed by atoms with E-state index in [2.05, 4.69) is 68.5 Å². The Morgan fingerprint density at radius 2 is 2.04 bits per heavy atom. The van der Waals surface area contributed by atoms with Crippen LogP contribution in [0.1, 0.15) is 17.0 Å². The quantitative estimate of drug-likeness (QED) is 0.512. The summed E-state index contributed by atoms with van der Waals surface area (Å²) in [6.07, 6.45) is 1.97. The topological polar surface area (TPSA) is 63.5 Å². The molecule has 6 nitrogen and oxygen atoms in total. The highest BCUT2D eigenvalue weighted by Crippen LogP contribution is 2.25. The Hall–Kier alpha value is -3.02. The lowest BCUT2D eigenvalue weighted by molar-refractivity contribution is 0.357. The fraction of sp³-hybridized carbons (Fsp3) is 0.364. The van der Waals surface area contributed by atoms with Gasteiger partial charge in [0.2, 0.25) is 0 Å². The SMILES string of the molecule is CN=C(NCCc1ccc2c(c1)CCO2)NCCn1c(C)nc2ccccc21. The van der Waals surface area contributed by atoms with Gasteiger partial charge in [-0.05, 0) is 42.7 Å². The van der Waals surface area contributed by atoms with E-state index in [0.717, 1.165) is 62.1 Å². The molecule has 2 aromatic carbocycles. The number of hydrogen-bond donors (Lipinski definition) is 2. The number of imidazole rings is 1. The Morgan fingerprint density at radius 1 is 1.18 bits per heavy atom. The van der Waals surface area contributed by atoms with Gasteiger partial charge in [0, 0.05) is 33.1 Å². The number of guanidine groups is 1. The molecule has 4 rings (SSSR count). The Balaban J connectivity index is 1.26. The van der Waals surface area contributed by atoms with E-state index in [1.165, 1.54) is 16.6 Å². The van der Waals surface area contributed by atoms with Crippen molar-refractivity contribution < 1.29 is 4.74 Å². The summed E-state index contributed by atoms with van der Waals surface area (Å²) < 4.78 is 7.81. The van der Waals surface area contributed by atoms with Crippen LogP contribution < -0.4 is 15.4 Å². The van der Waals surface area contributed by atoms with Gasteiger partial charge >= 0.3 is 0 Å². The van der Waals surface area contributed by atoms with Crippen LogP contribution in [0.2, 0.25) is 0 Å². The van der Waals surface area contributed by atoms with Crippen LogP contribution in [0.4, 0.5) is 0 Å². The highest BCUT2D eigenvalue weighted by Gasteiger charge is 2.12. The molecule has 2 heterocycles. The van der Waals surface area contributed by atoms with Crippen molar-refractivity contribution in [2.75, 3.05) is 26.7 Å². The molecule has 3 aromatic rings. The Kier molecular flexibility index (Phi) is 5.46. The molecule has 0 saturated carbocycles. The van der Waals surface area contributed by atoms with Crippen molar-refractivity contribution in [1.82, 2.24) is 20.2 Å². The first kappa shape index (κ1) is 18.3. The number of rotatable bonds is 6. The number of nitrogens with zero attached hydrogens (tertiary/aromatic N) is 3. The van der Waals surface area contributed by atoms with Crippen LogP contribution in [0.5, 0.6) is 5.75 Å². The van der Waals surface area contributed by atoms with Crippen LogP contribution in [0.3, 0.4) is 0 Å². The van der Waals surface area contributed by atoms with Crippen molar-refractivity contribution >= 4 is 17.0 Å². The van der Waals surface area contributed by atoms with Crippen molar-refractivity contribution in [3.8, 4) is 5.75 Å². The number of aliphatic imine (C=N–C) groups is 1. The Morgan fingerprint density at radius 3 is 2.93 bits per heavy atom. The van der Waals surface area contributed by atoms with Gasteiger partial charge in [0.05, 0.1) is 17.6 Å². The maximum Gasteiger partial charge on any atom is 0.191 e. The molecule has 0 unspecified atom stereocenters. The van der Waals surface area contributed by atoms with Crippen LogP contribution in [-0.4, -0.2) is 42.3 Å². The summed E-state index contributed by atoms with van der Waals surface area (Å²) >= 11 is 0. The van der Waals surface area contributed by atoms with E-state index in [1.54, 1.807) is 7.05 Å². The monoisotopic (exact) mass is 377 g/mol. The molecule has 0 spiro atoms. The molecule has 1 aromatic heterocycles. The minimum absolute atomic E-state index is 0.789. The lowest BCUT2D eigenvalue weighted by atomic mass is 10.1. The molecule has 1 aliphatic heterocycles. The van der Waals surface area contributed by atoms with Crippen LogP contribution >= 0.6 is 0 Å². The normalized spacial score (nSPS) is 13.4. The number of fused-ring (bicyclic) bond motifs is 2. The molecule has 0 fully saturated rings. The summed E-state index contributed by atoms with van der Waals surface area (Å²) in [4.78, 5) is 8.95. The minimum Gasteiger partial charge on any atom is -0.493 e. The van der Waals surface area contributed by atoms with Crippen LogP contribution in [0, 0.1) is 6.92 Å². The molecule has 0 bridgehead atoms. The average Bonchev–Trinajstić information content (AvgIpc) is 3.30. The van der Waals surface area contributed by atoms with Gasteiger partial charge in [0.15, 0.2) is 5.96 Å². The molecule has 0 aliphatic carbocycles. The zero-order chi connectivity index (χ0) is 19.3. The van der Waals surface area contributed by atoms with E-state index in [4.69, 9.17) is 4.74 Å². The van der Waals surface area contributed by atoms with Crippen LogP contribution in [-0.2, 0) is 19.4 Å². The van der Waals surface area contributed by atoms with E-state index >= 15 is 0 Å². The summed E-state index contributed by atoms with van der Waals surface area (Å²) in [6, 6.07) is 14.7. The fourth-order valence-corrected chi connectivity index (χ4v) is 3.71. The first-order chi connectivity index (χ1) is 13.7. The highest BCUT2D eigenvalue weighted by molar-refractivity contribution is 5.79. The number of aryl methyl sites for hydroxylation is 1. The van der Waals surface area contributed by atoms with Crippen molar-refractivity contribution in [2.45, 2.75) is 26.3 Å². The van der Waals surface area contributed by atoms with Crippen LogP contribution in [0.15, 0.2) is 47.5 Å². The summed E-state index contributed by atoms with van der Waals surface area (Å²) in [5.41, 5.74) is 4.86.